The van der Waals surface area contributed by atoms with Gasteiger partial charge in [0, 0.05) is 27.1 Å². The third kappa shape index (κ3) is 7.60. The fourth-order valence-corrected chi connectivity index (χ4v) is 0.653. The van der Waals surface area contributed by atoms with Gasteiger partial charge in [-0.2, -0.15) is 5.26 Å². The monoisotopic (exact) mass is 282 g/mol. The number of unbranched alkanes of at least 4 members (excludes halogenated alkanes) is 1. The molecular formula is C7H15IN4. The van der Waals surface area contributed by atoms with E-state index in [1.807, 2.05) is 0 Å². The van der Waals surface area contributed by atoms with Crippen LogP contribution >= 0.6 is 24.0 Å². The number of nitrogens with zero attached hydrogens (tertiary/aromatic N) is 2. The Kier molecular flexibility index (Phi) is 12.3. The molecule has 0 aliphatic carbocycles. The highest BCUT2D eigenvalue weighted by Gasteiger charge is 1.90. The zero-order chi connectivity index (χ0) is 8.53. The van der Waals surface area contributed by atoms with Gasteiger partial charge in [0.25, 0.3) is 0 Å². The summed E-state index contributed by atoms with van der Waals surface area (Å²) < 4.78 is 0. The van der Waals surface area contributed by atoms with Gasteiger partial charge in [0.2, 0.25) is 0 Å². The van der Waals surface area contributed by atoms with Crippen molar-refractivity contribution < 1.29 is 0 Å². The van der Waals surface area contributed by atoms with Gasteiger partial charge in [0.1, 0.15) is 0 Å². The van der Waals surface area contributed by atoms with E-state index >= 15 is 0 Å². The van der Waals surface area contributed by atoms with E-state index in [4.69, 9.17) is 5.26 Å². The number of hydrogen-bond donors (Lipinski definition) is 2. The number of hydrogen-bond acceptors (Lipinski definition) is 2. The molecule has 70 valence electrons. The van der Waals surface area contributed by atoms with Gasteiger partial charge in [-0.3, -0.25) is 4.99 Å². The summed E-state index contributed by atoms with van der Waals surface area (Å²) in [5, 5.41) is 14.1. The van der Waals surface area contributed by atoms with Crippen LogP contribution in [-0.4, -0.2) is 26.6 Å². The highest BCUT2D eigenvalue weighted by atomic mass is 127. The van der Waals surface area contributed by atoms with Crippen LogP contribution in [0.5, 0.6) is 0 Å². The SMILES string of the molecule is CN=C(NC)NCCCC#N.I. The molecule has 0 unspecified atom stereocenters. The van der Waals surface area contributed by atoms with Crippen molar-refractivity contribution in [1.82, 2.24) is 10.6 Å². The Morgan fingerprint density at radius 3 is 2.67 bits per heavy atom. The Bertz CT molecular complexity index is 161. The third-order valence-electron chi connectivity index (χ3n) is 1.22. The number of rotatable bonds is 3. The zero-order valence-corrected chi connectivity index (χ0v) is 9.75. The van der Waals surface area contributed by atoms with Crippen LogP contribution in [0.3, 0.4) is 0 Å². The second kappa shape index (κ2) is 10.5. The Morgan fingerprint density at radius 1 is 1.58 bits per heavy atom. The van der Waals surface area contributed by atoms with E-state index in [1.54, 1.807) is 14.1 Å². The Hall–Kier alpha value is -0.510. The summed E-state index contributed by atoms with van der Waals surface area (Å²) in [6, 6.07) is 2.08. The summed E-state index contributed by atoms with van der Waals surface area (Å²) >= 11 is 0. The van der Waals surface area contributed by atoms with Crippen LogP contribution in [-0.2, 0) is 0 Å². The zero-order valence-electron chi connectivity index (χ0n) is 7.42. The van der Waals surface area contributed by atoms with Crippen molar-refractivity contribution in [1.29, 1.82) is 5.26 Å². The molecule has 12 heavy (non-hydrogen) atoms. The molecule has 0 aromatic carbocycles. The fraction of sp³-hybridized carbons (Fsp3) is 0.714. The highest BCUT2D eigenvalue weighted by molar-refractivity contribution is 14.0. The van der Waals surface area contributed by atoms with E-state index in [0.29, 0.717) is 6.42 Å². The number of nitrogens with one attached hydrogen (secondary N) is 2. The average Bonchev–Trinajstić information content (AvgIpc) is 2.05. The molecule has 0 aromatic heterocycles. The maximum atomic E-state index is 8.22. The topological polar surface area (TPSA) is 60.2 Å². The van der Waals surface area contributed by atoms with Gasteiger partial charge in [-0.15, -0.1) is 24.0 Å². The standard InChI is InChI=1S/C7H14N4.HI/c1-9-7(10-2)11-6-4-3-5-8;/h3-4,6H2,1-2H3,(H2,9,10,11);1H. The fourth-order valence-electron chi connectivity index (χ4n) is 0.653. The lowest BCUT2D eigenvalue weighted by atomic mass is 10.3. The first kappa shape index (κ1) is 14.0. The normalized spacial score (nSPS) is 9.58. The molecule has 0 heterocycles. The van der Waals surface area contributed by atoms with E-state index in [0.717, 1.165) is 18.9 Å². The number of aliphatic imine (C=N–C) groups is 1. The second-order valence-electron chi connectivity index (χ2n) is 2.01. The largest absolute Gasteiger partial charge is 0.359 e. The summed E-state index contributed by atoms with van der Waals surface area (Å²) in [5.41, 5.74) is 0. The van der Waals surface area contributed by atoms with E-state index in [1.165, 1.54) is 0 Å². The van der Waals surface area contributed by atoms with E-state index in [-0.39, 0.29) is 24.0 Å². The van der Waals surface area contributed by atoms with Crippen LogP contribution in [0.2, 0.25) is 0 Å². The molecule has 0 saturated heterocycles. The van der Waals surface area contributed by atoms with E-state index < -0.39 is 0 Å². The Labute approximate surface area is 90.5 Å². The van der Waals surface area contributed by atoms with Gasteiger partial charge in [-0.25, -0.2) is 0 Å². The average molecular weight is 282 g/mol. The van der Waals surface area contributed by atoms with Gasteiger partial charge >= 0.3 is 0 Å². The third-order valence-corrected chi connectivity index (χ3v) is 1.22. The first-order valence-corrected chi connectivity index (χ1v) is 3.60. The first-order chi connectivity index (χ1) is 5.35. The van der Waals surface area contributed by atoms with Gasteiger partial charge in [0.05, 0.1) is 6.07 Å². The first-order valence-electron chi connectivity index (χ1n) is 3.60. The van der Waals surface area contributed by atoms with E-state index in [2.05, 4.69) is 21.7 Å². The van der Waals surface area contributed by atoms with Crippen molar-refractivity contribution in [3.05, 3.63) is 0 Å². The molecule has 5 heteroatoms. The van der Waals surface area contributed by atoms with Crippen molar-refractivity contribution in [2.24, 2.45) is 4.99 Å². The van der Waals surface area contributed by atoms with Crippen LogP contribution in [0.1, 0.15) is 12.8 Å². The second-order valence-corrected chi connectivity index (χ2v) is 2.01. The van der Waals surface area contributed by atoms with Gasteiger partial charge < -0.3 is 10.6 Å². The Balaban J connectivity index is 0. The molecule has 0 aliphatic heterocycles. The summed E-state index contributed by atoms with van der Waals surface area (Å²) in [6.45, 7) is 0.793. The summed E-state index contributed by atoms with van der Waals surface area (Å²) in [7, 11) is 3.52. The lowest BCUT2D eigenvalue weighted by Gasteiger charge is -2.05. The summed E-state index contributed by atoms with van der Waals surface area (Å²) in [5.74, 6) is 0.767. The lowest BCUT2D eigenvalue weighted by Crippen LogP contribution is -2.35. The van der Waals surface area contributed by atoms with Crippen molar-refractivity contribution in [3.63, 3.8) is 0 Å². The van der Waals surface area contributed by atoms with Crippen LogP contribution < -0.4 is 10.6 Å². The molecule has 4 nitrogen and oxygen atoms in total. The number of guanidine groups is 1. The maximum absolute atomic E-state index is 8.22. The molecule has 0 spiro atoms. The minimum atomic E-state index is 0. The lowest BCUT2D eigenvalue weighted by molar-refractivity contribution is 0.775. The minimum Gasteiger partial charge on any atom is -0.359 e. The molecule has 0 aromatic rings. The van der Waals surface area contributed by atoms with Gasteiger partial charge in [-0.1, -0.05) is 0 Å². The van der Waals surface area contributed by atoms with Crippen LogP contribution in [0, 0.1) is 11.3 Å². The molecule has 0 rings (SSSR count). The van der Waals surface area contributed by atoms with Crippen LogP contribution in [0.25, 0.3) is 0 Å². The molecule has 2 N–H and O–H groups in total. The summed E-state index contributed by atoms with van der Waals surface area (Å²) in [4.78, 5) is 3.92. The Morgan fingerprint density at radius 2 is 2.25 bits per heavy atom. The molecule has 0 bridgehead atoms. The highest BCUT2D eigenvalue weighted by Crippen LogP contribution is 1.81. The van der Waals surface area contributed by atoms with Gasteiger partial charge in [-0.05, 0) is 6.42 Å². The maximum Gasteiger partial charge on any atom is 0.190 e. The minimum absolute atomic E-state index is 0. The van der Waals surface area contributed by atoms with Crippen molar-refractivity contribution in [3.8, 4) is 6.07 Å². The van der Waals surface area contributed by atoms with E-state index in [9.17, 15) is 0 Å². The van der Waals surface area contributed by atoms with Crippen LogP contribution in [0.4, 0.5) is 0 Å². The van der Waals surface area contributed by atoms with Crippen molar-refractivity contribution >= 4 is 29.9 Å². The molecular weight excluding hydrogens is 267 g/mol. The van der Waals surface area contributed by atoms with Crippen molar-refractivity contribution in [2.45, 2.75) is 12.8 Å². The smallest absolute Gasteiger partial charge is 0.190 e. The van der Waals surface area contributed by atoms with Gasteiger partial charge in [0.15, 0.2) is 5.96 Å². The van der Waals surface area contributed by atoms with Crippen LogP contribution in [0.15, 0.2) is 4.99 Å². The molecule has 0 fully saturated rings. The predicted molar refractivity (Wildman–Crippen MR) is 60.7 cm³/mol. The summed E-state index contributed by atoms with van der Waals surface area (Å²) in [6.07, 6.45) is 1.45. The molecule has 0 atom stereocenters. The number of nitriles is 1. The molecule has 0 amide bonds. The van der Waals surface area contributed by atoms with Crippen molar-refractivity contribution in [2.75, 3.05) is 20.6 Å². The number of halogens is 1. The molecule has 0 radical (unpaired) electrons. The quantitative estimate of drug-likeness (QED) is 0.347. The predicted octanol–water partition coefficient (Wildman–Crippen LogP) is 0.703. The molecule has 0 saturated carbocycles. The molecule has 0 aliphatic rings.